The zero-order chi connectivity index (χ0) is 16.8. The van der Waals surface area contributed by atoms with Gasteiger partial charge < -0.3 is 9.32 Å². The first-order chi connectivity index (χ1) is 12.3. The second-order valence-electron chi connectivity index (χ2n) is 7.69. The summed E-state index contributed by atoms with van der Waals surface area (Å²) in [6.07, 6.45) is 8.11. The van der Waals surface area contributed by atoms with Crippen LogP contribution in [0.5, 0.6) is 0 Å². The van der Waals surface area contributed by atoms with E-state index in [4.69, 9.17) is 4.42 Å². The summed E-state index contributed by atoms with van der Waals surface area (Å²) in [5.41, 5.74) is 3.80. The molecule has 5 rings (SSSR count). The Kier molecular flexibility index (Phi) is 3.73. The highest BCUT2D eigenvalue weighted by Crippen LogP contribution is 2.27. The second kappa shape index (κ2) is 6.09. The number of aryl methyl sites for hydroxylation is 4. The van der Waals surface area contributed by atoms with Crippen molar-refractivity contribution in [3.63, 3.8) is 0 Å². The molecule has 3 aliphatic rings. The Labute approximate surface area is 148 Å². The van der Waals surface area contributed by atoms with Crippen molar-refractivity contribution in [2.75, 3.05) is 25.0 Å². The van der Waals surface area contributed by atoms with Crippen molar-refractivity contribution in [2.45, 2.75) is 57.5 Å². The van der Waals surface area contributed by atoms with Gasteiger partial charge in [0.2, 0.25) is 5.89 Å². The fourth-order valence-corrected chi connectivity index (χ4v) is 4.21. The number of rotatable bonds is 4. The van der Waals surface area contributed by atoms with Crippen LogP contribution in [0.25, 0.3) is 0 Å². The van der Waals surface area contributed by atoms with Crippen LogP contribution in [0.4, 0.5) is 5.82 Å². The van der Waals surface area contributed by atoms with Gasteiger partial charge in [-0.2, -0.15) is 5.10 Å². The van der Waals surface area contributed by atoms with Gasteiger partial charge in [-0.05, 0) is 57.2 Å². The summed E-state index contributed by atoms with van der Waals surface area (Å²) in [4.78, 5) is 9.34. The van der Waals surface area contributed by atoms with E-state index in [-0.39, 0.29) is 0 Å². The van der Waals surface area contributed by atoms with Gasteiger partial charge in [0.1, 0.15) is 5.76 Å². The number of hydrogen-bond acceptors (Lipinski definition) is 6. The first-order valence-electron chi connectivity index (χ1n) is 9.54. The van der Waals surface area contributed by atoms with Crippen molar-refractivity contribution in [3.05, 3.63) is 34.7 Å². The summed E-state index contributed by atoms with van der Waals surface area (Å²) in [5, 5.41) is 8.91. The molecule has 0 unspecified atom stereocenters. The van der Waals surface area contributed by atoms with E-state index in [1.165, 1.54) is 36.2 Å². The lowest BCUT2D eigenvalue weighted by molar-refractivity contribution is 0.179. The van der Waals surface area contributed by atoms with Crippen LogP contribution in [-0.2, 0) is 32.2 Å². The third-order valence-electron chi connectivity index (χ3n) is 5.89. The van der Waals surface area contributed by atoms with Crippen molar-refractivity contribution in [1.29, 1.82) is 0 Å². The Morgan fingerprint density at radius 3 is 2.80 bits per heavy atom. The Morgan fingerprint density at radius 2 is 1.92 bits per heavy atom. The molecule has 0 spiro atoms. The molecule has 0 atom stereocenters. The molecule has 25 heavy (non-hydrogen) atoms. The zero-order valence-electron chi connectivity index (χ0n) is 14.9. The number of anilines is 1. The molecule has 6 heteroatoms. The average Bonchev–Trinajstić information content (AvgIpc) is 3.14. The summed E-state index contributed by atoms with van der Waals surface area (Å²) in [5.74, 6) is 3.03. The van der Waals surface area contributed by atoms with Gasteiger partial charge in [0.15, 0.2) is 5.82 Å². The molecule has 132 valence electrons. The minimum absolute atomic E-state index is 0.527. The molecule has 1 aliphatic heterocycles. The summed E-state index contributed by atoms with van der Waals surface area (Å²) in [6, 6.07) is 2.79. The quantitative estimate of drug-likeness (QED) is 0.851. The topological polar surface area (TPSA) is 58.3 Å². The lowest BCUT2D eigenvalue weighted by Gasteiger charge is -2.44. The van der Waals surface area contributed by atoms with Crippen LogP contribution in [-0.4, -0.2) is 46.3 Å². The highest BCUT2D eigenvalue weighted by atomic mass is 16.4. The molecule has 3 heterocycles. The second-order valence-corrected chi connectivity index (χ2v) is 7.69. The predicted octanol–water partition coefficient (Wildman–Crippen LogP) is 2.15. The molecule has 1 saturated heterocycles. The molecule has 2 aromatic rings. The van der Waals surface area contributed by atoms with E-state index >= 15 is 0 Å². The van der Waals surface area contributed by atoms with Gasteiger partial charge in [-0.1, -0.05) is 0 Å². The maximum Gasteiger partial charge on any atom is 0.208 e. The van der Waals surface area contributed by atoms with Crippen LogP contribution in [0.2, 0.25) is 0 Å². The monoisotopic (exact) mass is 339 g/mol. The first-order valence-corrected chi connectivity index (χ1v) is 9.54. The highest BCUT2D eigenvalue weighted by Gasteiger charge is 2.32. The van der Waals surface area contributed by atoms with Gasteiger partial charge in [-0.25, -0.2) is 4.98 Å². The van der Waals surface area contributed by atoms with Gasteiger partial charge in [-0.3, -0.25) is 4.90 Å². The normalized spacial score (nSPS) is 19.8. The number of oxazole rings is 1. The fraction of sp³-hybridized carbons (Fsp3) is 0.632. The highest BCUT2D eigenvalue weighted by molar-refractivity contribution is 5.45. The summed E-state index contributed by atoms with van der Waals surface area (Å²) in [6.45, 7) is 2.80. The number of fused-ring (bicyclic) bond motifs is 2. The molecule has 2 aromatic heterocycles. The Balaban J connectivity index is 1.19. The van der Waals surface area contributed by atoms with E-state index in [0.29, 0.717) is 6.04 Å². The molecule has 2 aliphatic carbocycles. The first kappa shape index (κ1) is 15.3. The lowest BCUT2D eigenvalue weighted by atomic mass is 9.96. The van der Waals surface area contributed by atoms with Crippen molar-refractivity contribution in [2.24, 2.45) is 0 Å². The largest absolute Gasteiger partial charge is 0.444 e. The molecule has 0 aromatic carbocycles. The van der Waals surface area contributed by atoms with E-state index in [0.717, 1.165) is 62.8 Å². The zero-order valence-corrected chi connectivity index (χ0v) is 14.9. The third kappa shape index (κ3) is 2.82. The molecule has 0 amide bonds. The molecule has 0 radical (unpaired) electrons. The molecule has 0 N–H and O–H groups in total. The van der Waals surface area contributed by atoms with E-state index < -0.39 is 0 Å². The molecular formula is C19H25N5O. The van der Waals surface area contributed by atoms with Gasteiger partial charge >= 0.3 is 0 Å². The van der Waals surface area contributed by atoms with Crippen molar-refractivity contribution in [1.82, 2.24) is 20.1 Å². The summed E-state index contributed by atoms with van der Waals surface area (Å²) >= 11 is 0. The van der Waals surface area contributed by atoms with Gasteiger partial charge in [0, 0.05) is 25.6 Å². The van der Waals surface area contributed by atoms with Crippen LogP contribution < -0.4 is 4.90 Å². The Hall–Kier alpha value is -1.95. The van der Waals surface area contributed by atoms with Crippen LogP contribution in [0, 0.1) is 0 Å². The van der Waals surface area contributed by atoms with Gasteiger partial charge in [0.05, 0.1) is 17.9 Å². The predicted molar refractivity (Wildman–Crippen MR) is 94.7 cm³/mol. The Morgan fingerprint density at radius 1 is 1.08 bits per heavy atom. The smallest absolute Gasteiger partial charge is 0.208 e. The molecule has 0 bridgehead atoms. The molecule has 0 saturated carbocycles. The van der Waals surface area contributed by atoms with Crippen LogP contribution >= 0.6 is 0 Å². The van der Waals surface area contributed by atoms with Gasteiger partial charge in [0.25, 0.3) is 0 Å². The summed E-state index contributed by atoms with van der Waals surface area (Å²) in [7, 11) is 2.16. The SMILES string of the molecule is CN(Cc1nc2c(o1)CCC2)C1CN(c2cc3c(nn2)CCCC3)C1. The third-order valence-corrected chi connectivity index (χ3v) is 5.89. The average molecular weight is 339 g/mol. The van der Waals surface area contributed by atoms with Crippen molar-refractivity contribution in [3.8, 4) is 0 Å². The van der Waals surface area contributed by atoms with Gasteiger partial charge in [-0.15, -0.1) is 5.10 Å². The van der Waals surface area contributed by atoms with E-state index in [1.54, 1.807) is 0 Å². The number of aromatic nitrogens is 3. The standard InChI is InChI=1S/C19H25N5O/c1-23(12-19-20-16-7-4-8-17(16)25-19)14-10-24(11-14)18-9-13-5-2-3-6-15(13)21-22-18/h9,14H,2-8,10-12H2,1H3. The summed E-state index contributed by atoms with van der Waals surface area (Å²) < 4.78 is 5.90. The number of nitrogens with zero attached hydrogens (tertiary/aromatic N) is 5. The maximum absolute atomic E-state index is 5.90. The van der Waals surface area contributed by atoms with Crippen LogP contribution in [0.3, 0.4) is 0 Å². The van der Waals surface area contributed by atoms with E-state index in [1.807, 2.05) is 0 Å². The van der Waals surface area contributed by atoms with E-state index in [2.05, 4.69) is 38.1 Å². The fourth-order valence-electron chi connectivity index (χ4n) is 4.21. The minimum atomic E-state index is 0.527. The minimum Gasteiger partial charge on any atom is -0.444 e. The molecule has 6 nitrogen and oxygen atoms in total. The van der Waals surface area contributed by atoms with E-state index in [9.17, 15) is 0 Å². The molecule has 1 fully saturated rings. The number of hydrogen-bond donors (Lipinski definition) is 0. The maximum atomic E-state index is 5.90. The number of likely N-dealkylation sites (N-methyl/N-ethyl adjacent to an activating group) is 1. The van der Waals surface area contributed by atoms with Crippen molar-refractivity contribution < 1.29 is 4.42 Å². The van der Waals surface area contributed by atoms with Crippen LogP contribution in [0.1, 0.15) is 47.9 Å². The van der Waals surface area contributed by atoms with Crippen LogP contribution in [0.15, 0.2) is 10.5 Å². The lowest BCUT2D eigenvalue weighted by Crippen LogP contribution is -2.58. The van der Waals surface area contributed by atoms with Crippen molar-refractivity contribution >= 4 is 5.82 Å². The molecular weight excluding hydrogens is 314 g/mol. The Bertz CT molecular complexity index is 759.